The Morgan fingerprint density at radius 2 is 1.90 bits per heavy atom. The van der Waals surface area contributed by atoms with Crippen LogP contribution in [0.25, 0.3) is 11.0 Å². The predicted molar refractivity (Wildman–Crippen MR) is 158 cm³/mol. The first-order valence-corrected chi connectivity index (χ1v) is 16.6. The molecule has 2 saturated heterocycles. The minimum Gasteiger partial charge on any atom is -0.495 e. The second-order valence-corrected chi connectivity index (χ2v) is 14.3. The third kappa shape index (κ3) is 5.56. The Kier molecular flexibility index (Phi) is 7.97. The molecule has 2 aromatic heterocycles. The van der Waals surface area contributed by atoms with Crippen molar-refractivity contribution in [2.45, 2.75) is 57.0 Å². The van der Waals surface area contributed by atoms with E-state index in [1.165, 1.54) is 19.3 Å². The number of aromatic nitrogens is 3. The molecule has 0 bridgehead atoms. The molecule has 2 aliphatic heterocycles. The third-order valence-corrected chi connectivity index (χ3v) is 11.8. The highest BCUT2D eigenvalue weighted by Crippen LogP contribution is 2.48. The summed E-state index contributed by atoms with van der Waals surface area (Å²) in [6.07, 6.45) is 11.0. The number of hydrogen-bond donors (Lipinski definition) is 3. The largest absolute Gasteiger partial charge is 0.495 e. The number of nitriles is 1. The normalized spacial score (nSPS) is 20.7. The average Bonchev–Trinajstić information content (AvgIpc) is 3.42. The molecule has 3 N–H and O–H groups in total. The van der Waals surface area contributed by atoms with Gasteiger partial charge in [-0.05, 0) is 43.9 Å². The van der Waals surface area contributed by atoms with Crippen LogP contribution in [0, 0.1) is 11.3 Å². The lowest BCUT2D eigenvalue weighted by Crippen LogP contribution is -2.45. The quantitative estimate of drug-likeness (QED) is 0.347. The van der Waals surface area contributed by atoms with E-state index >= 15 is 0 Å². The van der Waals surface area contributed by atoms with Crippen molar-refractivity contribution in [3.05, 3.63) is 30.0 Å². The minimum absolute atomic E-state index is 0.324. The zero-order valence-electron chi connectivity index (χ0n) is 23.1. The molecule has 1 saturated carbocycles. The summed E-state index contributed by atoms with van der Waals surface area (Å²) >= 11 is 0. The van der Waals surface area contributed by atoms with Crippen molar-refractivity contribution in [1.29, 1.82) is 5.26 Å². The Morgan fingerprint density at radius 1 is 1.12 bits per heavy atom. The van der Waals surface area contributed by atoms with Crippen molar-refractivity contribution in [1.82, 2.24) is 19.9 Å². The van der Waals surface area contributed by atoms with Gasteiger partial charge in [0.25, 0.3) is 0 Å². The van der Waals surface area contributed by atoms with E-state index in [0.717, 1.165) is 57.3 Å². The molecule has 3 aromatic rings. The van der Waals surface area contributed by atoms with Crippen LogP contribution < -0.4 is 20.7 Å². The van der Waals surface area contributed by atoms with Crippen molar-refractivity contribution in [2.75, 3.05) is 56.4 Å². The van der Waals surface area contributed by atoms with Gasteiger partial charge < -0.3 is 29.7 Å². The average molecular weight is 564 g/mol. The van der Waals surface area contributed by atoms with Crippen molar-refractivity contribution in [3.8, 4) is 11.8 Å². The van der Waals surface area contributed by atoms with Crippen molar-refractivity contribution >= 4 is 40.9 Å². The second-order valence-electron chi connectivity index (χ2n) is 11.1. The third-order valence-electron chi connectivity index (χ3n) is 8.70. The van der Waals surface area contributed by atoms with E-state index in [9.17, 15) is 9.83 Å². The highest BCUT2D eigenvalue weighted by molar-refractivity contribution is 7.71. The van der Waals surface area contributed by atoms with Crippen LogP contribution in [0.5, 0.6) is 5.75 Å². The van der Waals surface area contributed by atoms with Crippen LogP contribution in [-0.4, -0.2) is 77.7 Å². The molecule has 6 rings (SSSR count). The molecule has 11 heteroatoms. The Balaban J connectivity index is 1.22. The van der Waals surface area contributed by atoms with Crippen LogP contribution in [0.4, 0.5) is 17.5 Å². The lowest BCUT2D eigenvalue weighted by Gasteiger charge is -2.39. The van der Waals surface area contributed by atoms with Gasteiger partial charge in [-0.15, -0.1) is 0 Å². The van der Waals surface area contributed by atoms with E-state index in [2.05, 4.69) is 31.6 Å². The van der Waals surface area contributed by atoms with Crippen LogP contribution in [0.1, 0.15) is 50.5 Å². The van der Waals surface area contributed by atoms with Gasteiger partial charge in [0.15, 0.2) is 0 Å². The summed E-state index contributed by atoms with van der Waals surface area (Å²) in [4.78, 5) is 15.1. The number of aromatic amines is 1. The fourth-order valence-corrected chi connectivity index (χ4v) is 8.95. The van der Waals surface area contributed by atoms with E-state index in [1.807, 2.05) is 18.2 Å². The highest BCUT2D eigenvalue weighted by Gasteiger charge is 2.34. The predicted octanol–water partition coefficient (Wildman–Crippen LogP) is 4.81. The molecule has 0 spiro atoms. The number of H-pyrrole nitrogens is 1. The molecule has 1 aromatic carbocycles. The topological polar surface area (TPSA) is 128 Å². The monoisotopic (exact) mass is 563 g/mol. The highest BCUT2D eigenvalue weighted by atomic mass is 31.2. The molecule has 0 amide bonds. The SMILES string of the molecule is COc1cc(P2(=O)CCN(C3CCOCC3)CC2)ccc1Nc1nc(NC2CCCCC2)c2c(C#N)c[nH]c2n1. The summed E-state index contributed by atoms with van der Waals surface area (Å²) in [5.41, 5.74) is 1.83. The van der Waals surface area contributed by atoms with Gasteiger partial charge in [0.1, 0.15) is 30.4 Å². The summed E-state index contributed by atoms with van der Waals surface area (Å²) in [6.45, 7) is 3.36. The van der Waals surface area contributed by atoms with Crippen molar-refractivity contribution < 1.29 is 14.0 Å². The van der Waals surface area contributed by atoms with E-state index in [0.29, 0.717) is 64.2 Å². The number of hydrogen-bond acceptors (Lipinski definition) is 9. The van der Waals surface area contributed by atoms with Crippen LogP contribution in [0.3, 0.4) is 0 Å². The van der Waals surface area contributed by atoms with E-state index < -0.39 is 7.14 Å². The summed E-state index contributed by atoms with van der Waals surface area (Å²) in [5, 5.41) is 18.1. The van der Waals surface area contributed by atoms with Gasteiger partial charge >= 0.3 is 0 Å². The number of nitrogens with zero attached hydrogens (tertiary/aromatic N) is 4. The molecule has 212 valence electrons. The molecule has 1 aliphatic carbocycles. The van der Waals surface area contributed by atoms with Gasteiger partial charge in [-0.25, -0.2) is 0 Å². The van der Waals surface area contributed by atoms with Gasteiger partial charge in [0, 0.05) is 62.2 Å². The summed E-state index contributed by atoms with van der Waals surface area (Å²) in [6, 6.07) is 8.90. The van der Waals surface area contributed by atoms with Gasteiger partial charge in [0.05, 0.1) is 23.7 Å². The van der Waals surface area contributed by atoms with Gasteiger partial charge in [-0.1, -0.05) is 19.3 Å². The molecule has 40 heavy (non-hydrogen) atoms. The minimum atomic E-state index is -2.52. The maximum Gasteiger partial charge on any atom is 0.231 e. The molecule has 4 heterocycles. The molecular weight excluding hydrogens is 525 g/mol. The number of ether oxygens (including phenoxy) is 2. The van der Waals surface area contributed by atoms with E-state index in [1.54, 1.807) is 13.3 Å². The first-order valence-electron chi connectivity index (χ1n) is 14.5. The second kappa shape index (κ2) is 11.8. The first kappa shape index (κ1) is 27.1. The zero-order valence-corrected chi connectivity index (χ0v) is 24.0. The molecular formula is C29H38N7O3P. The molecule has 0 unspecified atom stereocenters. The maximum atomic E-state index is 14.0. The molecule has 0 atom stereocenters. The van der Waals surface area contributed by atoms with Crippen LogP contribution >= 0.6 is 7.14 Å². The Morgan fingerprint density at radius 3 is 2.62 bits per heavy atom. The molecule has 0 radical (unpaired) electrons. The van der Waals surface area contributed by atoms with Crippen molar-refractivity contribution in [2.24, 2.45) is 0 Å². The van der Waals surface area contributed by atoms with Gasteiger partial charge in [-0.2, -0.15) is 15.2 Å². The van der Waals surface area contributed by atoms with Crippen molar-refractivity contribution in [3.63, 3.8) is 0 Å². The Hall–Kier alpha value is -3.12. The van der Waals surface area contributed by atoms with E-state index in [4.69, 9.17) is 14.5 Å². The standard InChI is InChI=1S/C29H38N7O3P/c1-38-25-17-23(40(37)15-11-36(12-16-40)22-9-13-39-14-10-22)7-8-24(25)33-29-34-27-26(20(18-30)19-31-27)28(35-29)32-21-5-3-2-4-6-21/h7-8,17,19,21-22H,2-6,9-16H2,1H3,(H3,31,32,33,34,35). The van der Waals surface area contributed by atoms with E-state index in [-0.39, 0.29) is 0 Å². The van der Waals surface area contributed by atoms with Gasteiger partial charge in [-0.3, -0.25) is 4.90 Å². The smallest absolute Gasteiger partial charge is 0.231 e. The molecule has 10 nitrogen and oxygen atoms in total. The van der Waals surface area contributed by atoms with Gasteiger partial charge in [0.2, 0.25) is 5.95 Å². The van der Waals surface area contributed by atoms with Crippen LogP contribution in [0.2, 0.25) is 0 Å². The molecule has 3 fully saturated rings. The lowest BCUT2D eigenvalue weighted by atomic mass is 9.95. The van der Waals surface area contributed by atoms with Crippen LogP contribution in [0.15, 0.2) is 24.4 Å². The number of nitrogens with one attached hydrogen (secondary N) is 3. The maximum absolute atomic E-state index is 14.0. The number of benzene rings is 1. The first-order chi connectivity index (χ1) is 19.6. The number of anilines is 3. The fourth-order valence-electron chi connectivity index (χ4n) is 6.36. The summed E-state index contributed by atoms with van der Waals surface area (Å²) < 4.78 is 25.3. The number of fused-ring (bicyclic) bond motifs is 1. The molecule has 3 aliphatic rings. The zero-order chi connectivity index (χ0) is 27.5. The number of rotatable bonds is 7. The Labute approximate surface area is 235 Å². The summed E-state index contributed by atoms with van der Waals surface area (Å²) in [5.74, 6) is 1.67. The summed E-state index contributed by atoms with van der Waals surface area (Å²) in [7, 11) is -0.893. The van der Waals surface area contributed by atoms with Crippen LogP contribution in [-0.2, 0) is 9.30 Å². The fraction of sp³-hybridized carbons (Fsp3) is 0.552. The Bertz CT molecular complexity index is 1430. The number of methoxy groups -OCH3 is 1. The lowest BCUT2D eigenvalue weighted by molar-refractivity contribution is 0.0371.